The molecule has 0 aliphatic heterocycles. The summed E-state index contributed by atoms with van der Waals surface area (Å²) >= 11 is 0. The Hall–Kier alpha value is -2.17. The number of allylic oxidation sites excluding steroid dienone is 1. The summed E-state index contributed by atoms with van der Waals surface area (Å²) in [5, 5.41) is 21.5. The average Bonchev–Trinajstić information content (AvgIpc) is 3.49. The number of furan rings is 1. The van der Waals surface area contributed by atoms with Gasteiger partial charge in [0, 0.05) is 18.6 Å². The van der Waals surface area contributed by atoms with Crippen LogP contribution in [0.15, 0.2) is 58.9 Å². The number of hydrogen-bond acceptors (Lipinski definition) is 4. The molecule has 4 heteroatoms. The van der Waals surface area contributed by atoms with Gasteiger partial charge < -0.3 is 14.6 Å². The first kappa shape index (κ1) is 23.2. The van der Waals surface area contributed by atoms with Gasteiger partial charge >= 0.3 is 0 Å². The van der Waals surface area contributed by atoms with Gasteiger partial charge in [-0.2, -0.15) is 0 Å². The van der Waals surface area contributed by atoms with Gasteiger partial charge in [-0.05, 0) is 110 Å². The zero-order valence-electron chi connectivity index (χ0n) is 20.8. The average molecular weight is 475 g/mol. The summed E-state index contributed by atoms with van der Waals surface area (Å²) in [5.74, 6) is 2.76. The van der Waals surface area contributed by atoms with Gasteiger partial charge in [-0.3, -0.25) is 4.79 Å². The third-order valence-corrected chi connectivity index (χ3v) is 10.6. The van der Waals surface area contributed by atoms with Gasteiger partial charge in [0.1, 0.15) is 0 Å². The van der Waals surface area contributed by atoms with Crippen LogP contribution in [-0.4, -0.2) is 28.2 Å². The minimum Gasteiger partial charge on any atom is -0.472 e. The molecule has 7 atom stereocenters. The smallest absolute Gasteiger partial charge is 0.155 e. The lowest BCUT2D eigenvalue weighted by atomic mass is 9.46. The molecule has 35 heavy (non-hydrogen) atoms. The Balaban J connectivity index is 1.41. The highest BCUT2D eigenvalue weighted by atomic mass is 16.3. The summed E-state index contributed by atoms with van der Waals surface area (Å²) in [5.41, 5.74) is 4.14. The van der Waals surface area contributed by atoms with E-state index in [0.29, 0.717) is 54.6 Å². The maximum absolute atomic E-state index is 12.3. The second kappa shape index (κ2) is 8.74. The standard InChI is InChI=1S/C31H38O4/c1-30-18-27(21-5-3-20(4-6-21)23-12-16-35-19-23)29-25-10-8-24(33)17-22(25)7-9-26(29)28(30)11-14-31(30,34)13-2-15-32/h3-6,12,16-17,19,25-29,32,34H,2,7-11,13-15,18H2,1H3/t25-,26-,27+,28+,29+,30-,31+/m0/s1. The van der Waals surface area contributed by atoms with E-state index in [2.05, 4.69) is 31.2 Å². The van der Waals surface area contributed by atoms with Crippen molar-refractivity contribution in [3.05, 3.63) is 60.1 Å². The minimum atomic E-state index is -0.709. The molecule has 0 spiro atoms. The van der Waals surface area contributed by atoms with Crippen LogP contribution in [0, 0.1) is 29.1 Å². The Morgan fingerprint density at radius 2 is 1.86 bits per heavy atom. The van der Waals surface area contributed by atoms with Gasteiger partial charge in [0.25, 0.3) is 0 Å². The molecule has 0 radical (unpaired) electrons. The molecule has 2 aromatic rings. The molecule has 186 valence electrons. The predicted octanol–water partition coefficient (Wildman–Crippen LogP) is 6.29. The van der Waals surface area contributed by atoms with Gasteiger partial charge in [0.15, 0.2) is 5.78 Å². The van der Waals surface area contributed by atoms with E-state index in [1.807, 2.05) is 12.1 Å². The van der Waals surface area contributed by atoms with Crippen LogP contribution >= 0.6 is 0 Å². The molecule has 0 saturated heterocycles. The molecular weight excluding hydrogens is 436 g/mol. The van der Waals surface area contributed by atoms with Crippen LogP contribution in [0.25, 0.3) is 11.1 Å². The van der Waals surface area contributed by atoms with Gasteiger partial charge in [0.05, 0.1) is 18.1 Å². The second-order valence-corrected chi connectivity index (χ2v) is 12.0. The molecule has 2 N–H and O–H groups in total. The van der Waals surface area contributed by atoms with Crippen molar-refractivity contribution in [2.75, 3.05) is 6.61 Å². The molecule has 0 amide bonds. The van der Waals surface area contributed by atoms with Crippen molar-refractivity contribution in [1.82, 2.24) is 0 Å². The summed E-state index contributed by atoms with van der Waals surface area (Å²) in [6, 6.07) is 11.0. The Bertz CT molecular complexity index is 1100. The molecule has 3 fully saturated rings. The molecule has 1 heterocycles. The summed E-state index contributed by atoms with van der Waals surface area (Å²) in [6.07, 6.45) is 13.5. The van der Waals surface area contributed by atoms with E-state index in [4.69, 9.17) is 4.42 Å². The van der Waals surface area contributed by atoms with Crippen LogP contribution in [0.1, 0.15) is 76.2 Å². The van der Waals surface area contributed by atoms with Crippen LogP contribution in [0.2, 0.25) is 0 Å². The lowest BCUT2D eigenvalue weighted by Crippen LogP contribution is -2.55. The molecule has 1 aromatic heterocycles. The van der Waals surface area contributed by atoms with E-state index in [-0.39, 0.29) is 12.0 Å². The molecule has 1 aromatic carbocycles. The van der Waals surface area contributed by atoms with E-state index in [1.54, 1.807) is 12.5 Å². The van der Waals surface area contributed by atoms with E-state index in [0.717, 1.165) is 49.7 Å². The van der Waals surface area contributed by atoms with Crippen molar-refractivity contribution in [3.63, 3.8) is 0 Å². The number of carbonyl (C=O) groups excluding carboxylic acids is 1. The SMILES string of the molecule is C[C@]12C[C@H](c3ccc(-c4ccoc4)cc3)[C@H]3[C@@H](CCC4=CC(=O)CC[C@@H]43)[C@H]1CC[C@]2(O)CCCO. The number of aliphatic hydroxyl groups excluding tert-OH is 1. The topological polar surface area (TPSA) is 70.7 Å². The van der Waals surface area contributed by atoms with Gasteiger partial charge in [-0.1, -0.05) is 36.8 Å². The Morgan fingerprint density at radius 1 is 1.03 bits per heavy atom. The summed E-state index contributed by atoms with van der Waals surface area (Å²) in [4.78, 5) is 12.3. The normalized spacial score (nSPS) is 38.4. The van der Waals surface area contributed by atoms with Crippen LogP contribution in [0.4, 0.5) is 0 Å². The lowest BCUT2D eigenvalue weighted by Gasteiger charge is -2.59. The number of aliphatic hydroxyl groups is 2. The summed E-state index contributed by atoms with van der Waals surface area (Å²) in [6.45, 7) is 2.49. The molecule has 0 unspecified atom stereocenters. The molecular formula is C31H38O4. The first-order valence-corrected chi connectivity index (χ1v) is 13.6. The van der Waals surface area contributed by atoms with Crippen molar-refractivity contribution in [3.8, 4) is 11.1 Å². The number of benzene rings is 1. The van der Waals surface area contributed by atoms with Crippen LogP contribution < -0.4 is 0 Å². The quantitative estimate of drug-likeness (QED) is 0.535. The fourth-order valence-electron chi connectivity index (χ4n) is 8.88. The molecule has 0 bridgehead atoms. The van der Waals surface area contributed by atoms with Crippen LogP contribution in [0.3, 0.4) is 0 Å². The van der Waals surface area contributed by atoms with Gasteiger partial charge in [0.2, 0.25) is 0 Å². The number of ketones is 1. The number of rotatable bonds is 5. The van der Waals surface area contributed by atoms with E-state index >= 15 is 0 Å². The van der Waals surface area contributed by atoms with Gasteiger partial charge in [-0.25, -0.2) is 0 Å². The summed E-state index contributed by atoms with van der Waals surface area (Å²) < 4.78 is 5.29. The van der Waals surface area contributed by atoms with Crippen molar-refractivity contribution < 1.29 is 19.4 Å². The third-order valence-electron chi connectivity index (χ3n) is 10.6. The van der Waals surface area contributed by atoms with Crippen LogP contribution in [-0.2, 0) is 4.79 Å². The zero-order chi connectivity index (χ0) is 24.2. The Labute approximate surface area is 208 Å². The van der Waals surface area contributed by atoms with E-state index in [9.17, 15) is 15.0 Å². The van der Waals surface area contributed by atoms with Crippen molar-refractivity contribution in [2.24, 2.45) is 29.1 Å². The highest BCUT2D eigenvalue weighted by Crippen LogP contribution is 2.68. The lowest BCUT2D eigenvalue weighted by molar-refractivity contribution is -0.131. The molecule has 4 aliphatic carbocycles. The number of hydrogen-bond donors (Lipinski definition) is 2. The molecule has 4 aliphatic rings. The van der Waals surface area contributed by atoms with E-state index < -0.39 is 5.60 Å². The first-order valence-electron chi connectivity index (χ1n) is 13.6. The fraction of sp³-hybridized carbons (Fsp3) is 0.581. The highest BCUT2D eigenvalue weighted by molar-refractivity contribution is 5.91. The Morgan fingerprint density at radius 3 is 2.60 bits per heavy atom. The fourth-order valence-corrected chi connectivity index (χ4v) is 8.88. The van der Waals surface area contributed by atoms with Crippen LogP contribution in [0.5, 0.6) is 0 Å². The van der Waals surface area contributed by atoms with Crippen molar-refractivity contribution in [1.29, 1.82) is 0 Å². The predicted molar refractivity (Wildman–Crippen MR) is 136 cm³/mol. The minimum absolute atomic E-state index is 0.137. The van der Waals surface area contributed by atoms with E-state index in [1.165, 1.54) is 11.1 Å². The maximum Gasteiger partial charge on any atom is 0.155 e. The number of fused-ring (bicyclic) bond motifs is 5. The Kier molecular flexibility index (Phi) is 5.80. The van der Waals surface area contributed by atoms with Crippen molar-refractivity contribution in [2.45, 2.75) is 76.2 Å². The van der Waals surface area contributed by atoms with Crippen molar-refractivity contribution >= 4 is 5.78 Å². The molecule has 3 saturated carbocycles. The highest BCUT2D eigenvalue weighted by Gasteiger charge is 2.64. The summed E-state index contributed by atoms with van der Waals surface area (Å²) in [7, 11) is 0. The number of carbonyl (C=O) groups is 1. The maximum atomic E-state index is 12.3. The zero-order valence-corrected chi connectivity index (χ0v) is 20.8. The molecule has 4 nitrogen and oxygen atoms in total. The largest absolute Gasteiger partial charge is 0.472 e. The first-order chi connectivity index (χ1) is 16.9. The monoisotopic (exact) mass is 474 g/mol. The molecule has 6 rings (SSSR count). The second-order valence-electron chi connectivity index (χ2n) is 12.0. The third kappa shape index (κ3) is 3.67. The van der Waals surface area contributed by atoms with Gasteiger partial charge in [-0.15, -0.1) is 0 Å².